The van der Waals surface area contributed by atoms with Crippen LogP contribution in [0.25, 0.3) is 0 Å². The van der Waals surface area contributed by atoms with Gasteiger partial charge in [0.25, 0.3) is 0 Å². The molecule has 2 aliphatic carbocycles. The Morgan fingerprint density at radius 2 is 2.00 bits per heavy atom. The highest BCUT2D eigenvalue weighted by molar-refractivity contribution is 7.91. The third-order valence-electron chi connectivity index (χ3n) is 5.13. The van der Waals surface area contributed by atoms with Gasteiger partial charge in [0.15, 0.2) is 9.84 Å². The Morgan fingerprint density at radius 1 is 1.19 bits per heavy atom. The monoisotopic (exact) mass is 307 g/mol. The molecule has 2 aliphatic rings. The lowest BCUT2D eigenvalue weighted by Crippen LogP contribution is -2.21. The molecule has 2 saturated carbocycles. The van der Waals surface area contributed by atoms with Crippen LogP contribution in [0.2, 0.25) is 0 Å². The van der Waals surface area contributed by atoms with Gasteiger partial charge in [-0.3, -0.25) is 0 Å². The van der Waals surface area contributed by atoms with Gasteiger partial charge in [-0.05, 0) is 55.6 Å². The Hall–Kier alpha value is -1.03. The Bertz CT molecular complexity index is 597. The summed E-state index contributed by atoms with van der Waals surface area (Å²) < 4.78 is 24.7. The lowest BCUT2D eigenvalue weighted by atomic mass is 9.89. The molecule has 1 aromatic carbocycles. The molecule has 0 heterocycles. The van der Waals surface area contributed by atoms with E-state index in [1.54, 1.807) is 6.07 Å². The van der Waals surface area contributed by atoms with Gasteiger partial charge in [-0.1, -0.05) is 25.5 Å². The number of benzene rings is 1. The van der Waals surface area contributed by atoms with Crippen LogP contribution in [0.3, 0.4) is 0 Å². The number of nitrogens with one attached hydrogen (secondary N) is 1. The van der Waals surface area contributed by atoms with E-state index in [0.717, 1.165) is 30.0 Å². The van der Waals surface area contributed by atoms with Crippen molar-refractivity contribution in [3.63, 3.8) is 0 Å². The third-order valence-corrected chi connectivity index (χ3v) is 7.11. The number of rotatable bonds is 6. The third kappa shape index (κ3) is 3.10. The molecular weight excluding hydrogens is 282 g/mol. The van der Waals surface area contributed by atoms with Crippen LogP contribution in [-0.4, -0.2) is 20.7 Å². The zero-order valence-electron chi connectivity index (χ0n) is 12.7. The summed E-state index contributed by atoms with van der Waals surface area (Å²) in [7, 11) is -3.16. The Morgan fingerprint density at radius 3 is 2.67 bits per heavy atom. The zero-order valence-corrected chi connectivity index (χ0v) is 13.5. The van der Waals surface area contributed by atoms with Crippen molar-refractivity contribution in [2.24, 2.45) is 17.8 Å². The lowest BCUT2D eigenvalue weighted by molar-refractivity contribution is 0.348. The second-order valence-electron chi connectivity index (χ2n) is 6.63. The highest BCUT2D eigenvalue weighted by Crippen LogP contribution is 2.48. The van der Waals surface area contributed by atoms with Gasteiger partial charge in [0, 0.05) is 6.54 Å². The van der Waals surface area contributed by atoms with E-state index in [2.05, 4.69) is 5.32 Å². The summed E-state index contributed by atoms with van der Waals surface area (Å²) in [6.07, 6.45) is 6.14. The number of fused-ring (bicyclic) bond motifs is 2. The van der Waals surface area contributed by atoms with E-state index in [0.29, 0.717) is 11.3 Å². The van der Waals surface area contributed by atoms with Crippen molar-refractivity contribution < 1.29 is 8.42 Å². The molecule has 0 amide bonds. The topological polar surface area (TPSA) is 46.2 Å². The molecule has 1 aromatic rings. The summed E-state index contributed by atoms with van der Waals surface area (Å²) >= 11 is 0. The molecule has 3 nitrogen and oxygen atoms in total. The molecule has 3 unspecified atom stereocenters. The first kappa shape index (κ1) is 14.9. The lowest BCUT2D eigenvalue weighted by Gasteiger charge is -2.23. The Balaban J connectivity index is 1.71. The maximum atomic E-state index is 12.3. The second-order valence-corrected chi connectivity index (χ2v) is 8.71. The Kier molecular flexibility index (Phi) is 4.25. The van der Waals surface area contributed by atoms with Gasteiger partial charge < -0.3 is 5.32 Å². The molecule has 0 aliphatic heterocycles. The molecule has 0 radical (unpaired) electrons. The minimum atomic E-state index is -3.16. The predicted octanol–water partition coefficient (Wildman–Crippen LogP) is 3.72. The molecular formula is C17H25NO2S. The molecule has 116 valence electrons. The van der Waals surface area contributed by atoms with Crippen LogP contribution in [0.1, 0.15) is 39.0 Å². The van der Waals surface area contributed by atoms with Gasteiger partial charge in [0.2, 0.25) is 0 Å². The fourth-order valence-electron chi connectivity index (χ4n) is 4.13. The van der Waals surface area contributed by atoms with Crippen molar-refractivity contribution in [2.45, 2.75) is 43.9 Å². The second kappa shape index (κ2) is 5.99. The molecule has 0 spiro atoms. The van der Waals surface area contributed by atoms with Gasteiger partial charge in [0.1, 0.15) is 0 Å². The highest BCUT2D eigenvalue weighted by Gasteiger charge is 2.39. The first-order chi connectivity index (χ1) is 10.1. The van der Waals surface area contributed by atoms with Gasteiger partial charge in [-0.15, -0.1) is 0 Å². The van der Waals surface area contributed by atoms with Crippen molar-refractivity contribution in [1.29, 1.82) is 0 Å². The molecule has 4 heteroatoms. The van der Waals surface area contributed by atoms with E-state index in [9.17, 15) is 8.42 Å². The summed E-state index contributed by atoms with van der Waals surface area (Å²) in [6.45, 7) is 2.82. The van der Waals surface area contributed by atoms with E-state index in [4.69, 9.17) is 0 Å². The van der Waals surface area contributed by atoms with Gasteiger partial charge in [0.05, 0.1) is 16.3 Å². The number of hydrogen-bond donors (Lipinski definition) is 1. The molecule has 2 bridgehead atoms. The summed E-state index contributed by atoms with van der Waals surface area (Å²) in [5.41, 5.74) is 0.786. The van der Waals surface area contributed by atoms with Crippen LogP contribution in [0.5, 0.6) is 0 Å². The molecule has 3 atom stereocenters. The molecule has 0 aromatic heterocycles. The Labute approximate surface area is 128 Å². The standard InChI is InChI=1S/C17H25NO2S/c1-2-9-21(19,20)17-6-4-3-5-16(17)18-12-15-11-13-7-8-14(15)10-13/h3-6,13-15,18H,2,7-12H2,1H3. The fraction of sp³-hybridized carbons (Fsp3) is 0.647. The van der Waals surface area contributed by atoms with Crippen LogP contribution < -0.4 is 5.32 Å². The van der Waals surface area contributed by atoms with Crippen LogP contribution in [0.15, 0.2) is 29.2 Å². The fourth-order valence-corrected chi connectivity index (χ4v) is 5.65. The molecule has 2 fully saturated rings. The van der Waals surface area contributed by atoms with Gasteiger partial charge >= 0.3 is 0 Å². The van der Waals surface area contributed by atoms with Crippen LogP contribution in [-0.2, 0) is 9.84 Å². The molecule has 0 saturated heterocycles. The minimum absolute atomic E-state index is 0.222. The summed E-state index contributed by atoms with van der Waals surface area (Å²) in [6, 6.07) is 7.35. The van der Waals surface area contributed by atoms with E-state index in [1.165, 1.54) is 25.7 Å². The van der Waals surface area contributed by atoms with Gasteiger partial charge in [-0.2, -0.15) is 0 Å². The van der Waals surface area contributed by atoms with Crippen molar-refractivity contribution in [3.05, 3.63) is 24.3 Å². The largest absolute Gasteiger partial charge is 0.384 e. The van der Waals surface area contributed by atoms with E-state index < -0.39 is 9.84 Å². The number of hydrogen-bond acceptors (Lipinski definition) is 3. The highest BCUT2D eigenvalue weighted by atomic mass is 32.2. The number of anilines is 1. The average Bonchev–Trinajstić information content (AvgIpc) is 3.08. The van der Waals surface area contributed by atoms with Crippen molar-refractivity contribution in [1.82, 2.24) is 0 Å². The van der Waals surface area contributed by atoms with Crippen LogP contribution in [0.4, 0.5) is 5.69 Å². The summed E-state index contributed by atoms with van der Waals surface area (Å²) in [5.74, 6) is 2.74. The molecule has 1 N–H and O–H groups in total. The van der Waals surface area contributed by atoms with Crippen molar-refractivity contribution >= 4 is 15.5 Å². The van der Waals surface area contributed by atoms with E-state index in [-0.39, 0.29) is 5.75 Å². The normalized spacial score (nSPS) is 28.0. The van der Waals surface area contributed by atoms with E-state index in [1.807, 2.05) is 25.1 Å². The average molecular weight is 307 g/mol. The first-order valence-corrected chi connectivity index (χ1v) is 9.81. The molecule has 3 rings (SSSR count). The summed E-state index contributed by atoms with van der Waals surface area (Å²) in [4.78, 5) is 0.468. The van der Waals surface area contributed by atoms with Crippen LogP contribution >= 0.6 is 0 Å². The van der Waals surface area contributed by atoms with Crippen molar-refractivity contribution in [2.75, 3.05) is 17.6 Å². The molecule has 21 heavy (non-hydrogen) atoms. The van der Waals surface area contributed by atoms with Gasteiger partial charge in [-0.25, -0.2) is 8.42 Å². The van der Waals surface area contributed by atoms with Crippen molar-refractivity contribution in [3.8, 4) is 0 Å². The predicted molar refractivity (Wildman–Crippen MR) is 86.2 cm³/mol. The SMILES string of the molecule is CCCS(=O)(=O)c1ccccc1NCC1CC2CCC1C2. The van der Waals surface area contributed by atoms with Crippen LogP contribution in [0, 0.1) is 17.8 Å². The minimum Gasteiger partial charge on any atom is -0.384 e. The summed E-state index contributed by atoms with van der Waals surface area (Å²) in [5, 5.41) is 3.43. The quantitative estimate of drug-likeness (QED) is 0.871. The first-order valence-electron chi connectivity index (χ1n) is 8.16. The number of sulfone groups is 1. The zero-order chi connectivity index (χ0) is 14.9. The van der Waals surface area contributed by atoms with E-state index >= 15 is 0 Å². The smallest absolute Gasteiger partial charge is 0.180 e. The maximum Gasteiger partial charge on any atom is 0.180 e. The maximum absolute atomic E-state index is 12.3. The number of para-hydroxylation sites is 1.